The first-order valence-electron chi connectivity index (χ1n) is 13.6. The second kappa shape index (κ2) is 9.54. The molecule has 6 heteroatoms. The van der Waals surface area contributed by atoms with Crippen molar-refractivity contribution in [3.8, 4) is 34.1 Å². The molecule has 0 radical (unpaired) electrons. The summed E-state index contributed by atoms with van der Waals surface area (Å²) in [5, 5.41) is 0. The zero-order valence-corrected chi connectivity index (χ0v) is 22.3. The summed E-state index contributed by atoms with van der Waals surface area (Å²) < 4.78 is 12.4. The van der Waals surface area contributed by atoms with E-state index in [1.807, 2.05) is 128 Å². The lowest BCUT2D eigenvalue weighted by Crippen LogP contribution is -2.16. The Bertz CT molecular complexity index is 1940. The van der Waals surface area contributed by atoms with E-state index < -0.39 is 0 Å². The Hall–Kier alpha value is -6.06. The summed E-state index contributed by atoms with van der Waals surface area (Å²) in [7, 11) is 0. The Balaban J connectivity index is 1.22. The molecule has 5 aromatic carbocycles. The maximum absolute atomic E-state index is 7.90. The van der Waals surface area contributed by atoms with E-state index in [0.717, 1.165) is 68.4 Å². The van der Waals surface area contributed by atoms with Gasteiger partial charge in [-0.1, -0.05) is 60.7 Å². The molecule has 0 spiro atoms. The molecule has 0 atom stereocenters. The fourth-order valence-corrected chi connectivity index (χ4v) is 5.60. The van der Waals surface area contributed by atoms with Crippen molar-refractivity contribution >= 4 is 39.9 Å². The van der Waals surface area contributed by atoms with Gasteiger partial charge in [0.15, 0.2) is 28.7 Å². The van der Waals surface area contributed by atoms with E-state index in [2.05, 4.69) is 20.7 Å². The SMILES string of the molecule is [C-]#[N+]c1ccc(N2c3ccccc3Oc3ccccc32)cc1-c1ccc(N2c3ccccc3Oc3ccccc32)nc1. The van der Waals surface area contributed by atoms with E-state index in [0.29, 0.717) is 5.69 Å². The average Bonchev–Trinajstić information content (AvgIpc) is 3.06. The highest BCUT2D eigenvalue weighted by molar-refractivity contribution is 5.91. The summed E-state index contributed by atoms with van der Waals surface area (Å²) in [6.45, 7) is 7.90. The van der Waals surface area contributed by atoms with Gasteiger partial charge in [-0.3, -0.25) is 4.90 Å². The monoisotopic (exact) mass is 542 g/mol. The first kappa shape index (κ1) is 23.8. The van der Waals surface area contributed by atoms with Gasteiger partial charge in [-0.25, -0.2) is 9.83 Å². The lowest BCUT2D eigenvalue weighted by Gasteiger charge is -2.33. The van der Waals surface area contributed by atoms with Crippen molar-refractivity contribution in [2.45, 2.75) is 0 Å². The molecule has 3 heterocycles. The van der Waals surface area contributed by atoms with E-state index in [4.69, 9.17) is 21.0 Å². The van der Waals surface area contributed by atoms with Crippen molar-refractivity contribution < 1.29 is 9.47 Å². The molecule has 0 bridgehead atoms. The number of aromatic nitrogens is 1. The molecule has 2 aliphatic rings. The average molecular weight is 543 g/mol. The molecule has 0 unspecified atom stereocenters. The third kappa shape index (κ3) is 3.76. The van der Waals surface area contributed by atoms with Gasteiger partial charge in [0.25, 0.3) is 0 Å². The quantitative estimate of drug-likeness (QED) is 0.208. The maximum atomic E-state index is 7.90. The zero-order chi connectivity index (χ0) is 28.0. The summed E-state index contributed by atoms with van der Waals surface area (Å²) in [6.07, 6.45) is 1.84. The van der Waals surface area contributed by atoms with Gasteiger partial charge in [0.1, 0.15) is 5.82 Å². The van der Waals surface area contributed by atoms with Gasteiger partial charge in [-0.2, -0.15) is 0 Å². The molecule has 0 aliphatic carbocycles. The van der Waals surface area contributed by atoms with Crippen molar-refractivity contribution in [1.82, 2.24) is 4.98 Å². The number of hydrogen-bond donors (Lipinski definition) is 0. The Kier molecular flexibility index (Phi) is 5.41. The van der Waals surface area contributed by atoms with E-state index in [1.165, 1.54) is 0 Å². The Morgan fingerprint density at radius 1 is 0.548 bits per heavy atom. The maximum Gasteiger partial charge on any atom is 0.195 e. The zero-order valence-electron chi connectivity index (χ0n) is 22.3. The van der Waals surface area contributed by atoms with Crippen LogP contribution in [0.25, 0.3) is 16.0 Å². The van der Waals surface area contributed by atoms with E-state index in [9.17, 15) is 0 Å². The van der Waals surface area contributed by atoms with Crippen molar-refractivity contribution in [1.29, 1.82) is 0 Å². The molecule has 42 heavy (non-hydrogen) atoms. The molecule has 0 amide bonds. The van der Waals surface area contributed by atoms with Gasteiger partial charge >= 0.3 is 0 Å². The van der Waals surface area contributed by atoms with Crippen LogP contribution in [0, 0.1) is 6.57 Å². The molecular weight excluding hydrogens is 520 g/mol. The predicted molar refractivity (Wildman–Crippen MR) is 165 cm³/mol. The number of para-hydroxylation sites is 8. The van der Waals surface area contributed by atoms with Gasteiger partial charge in [0.05, 0.1) is 29.3 Å². The van der Waals surface area contributed by atoms with Crippen molar-refractivity contribution in [3.63, 3.8) is 0 Å². The van der Waals surface area contributed by atoms with Crippen LogP contribution >= 0.6 is 0 Å². The standard InChI is InChI=1S/C36H22N4O2/c1-37-27-20-19-25(39-28-10-2-6-14-32(28)41-33-15-7-3-11-29(33)39)22-26(27)24-18-21-36(38-23-24)40-30-12-4-8-16-34(30)42-35-17-9-5-13-31(35)40/h2-23H. The van der Waals surface area contributed by atoms with Gasteiger partial charge in [-0.15, -0.1) is 0 Å². The number of ether oxygens (including phenoxy) is 2. The summed E-state index contributed by atoms with van der Waals surface area (Å²) >= 11 is 0. The molecule has 198 valence electrons. The highest BCUT2D eigenvalue weighted by Crippen LogP contribution is 2.52. The largest absolute Gasteiger partial charge is 0.453 e. The van der Waals surface area contributed by atoms with Gasteiger partial charge in [-0.05, 0) is 77.9 Å². The number of hydrogen-bond acceptors (Lipinski definition) is 5. The molecule has 6 aromatic rings. The predicted octanol–water partition coefficient (Wildman–Crippen LogP) is 10.5. The lowest BCUT2D eigenvalue weighted by atomic mass is 10.0. The third-order valence-electron chi connectivity index (χ3n) is 7.51. The van der Waals surface area contributed by atoms with E-state index >= 15 is 0 Å². The molecular formula is C36H22N4O2. The first-order chi connectivity index (χ1) is 20.8. The van der Waals surface area contributed by atoms with Crippen LogP contribution in [0.1, 0.15) is 0 Å². The number of benzene rings is 5. The van der Waals surface area contributed by atoms with Gasteiger partial charge < -0.3 is 14.4 Å². The number of pyridine rings is 1. The molecule has 0 saturated heterocycles. The Morgan fingerprint density at radius 2 is 1.05 bits per heavy atom. The van der Waals surface area contributed by atoms with Crippen LogP contribution in [0.3, 0.4) is 0 Å². The molecule has 2 aliphatic heterocycles. The Morgan fingerprint density at radius 3 is 1.52 bits per heavy atom. The normalized spacial score (nSPS) is 12.5. The molecule has 0 N–H and O–H groups in total. The topological polar surface area (TPSA) is 42.2 Å². The van der Waals surface area contributed by atoms with E-state index in [1.54, 1.807) is 0 Å². The van der Waals surface area contributed by atoms with Crippen LogP contribution in [-0.4, -0.2) is 4.98 Å². The number of nitrogens with zero attached hydrogens (tertiary/aromatic N) is 4. The molecule has 0 saturated carbocycles. The van der Waals surface area contributed by atoms with Gasteiger partial charge in [0.2, 0.25) is 0 Å². The minimum Gasteiger partial charge on any atom is -0.453 e. The third-order valence-corrected chi connectivity index (χ3v) is 7.51. The second-order valence-corrected chi connectivity index (χ2v) is 9.96. The molecule has 8 rings (SSSR count). The minimum atomic E-state index is 0.560. The summed E-state index contributed by atoms with van der Waals surface area (Å²) in [5.74, 6) is 3.87. The fourth-order valence-electron chi connectivity index (χ4n) is 5.60. The van der Waals surface area contributed by atoms with E-state index in [-0.39, 0.29) is 0 Å². The van der Waals surface area contributed by atoms with Crippen LogP contribution in [0.4, 0.5) is 39.9 Å². The smallest absolute Gasteiger partial charge is 0.195 e. The number of rotatable bonds is 3. The van der Waals surface area contributed by atoms with Crippen LogP contribution in [-0.2, 0) is 0 Å². The fraction of sp³-hybridized carbons (Fsp3) is 0. The molecule has 6 nitrogen and oxygen atoms in total. The first-order valence-corrected chi connectivity index (χ1v) is 13.6. The Labute approximate surface area is 243 Å². The van der Waals surface area contributed by atoms with Crippen LogP contribution in [0.5, 0.6) is 23.0 Å². The van der Waals surface area contributed by atoms with Crippen LogP contribution in [0.15, 0.2) is 134 Å². The minimum absolute atomic E-state index is 0.560. The van der Waals surface area contributed by atoms with Crippen molar-refractivity contribution in [3.05, 3.63) is 145 Å². The molecule has 0 fully saturated rings. The van der Waals surface area contributed by atoms with Crippen LogP contribution in [0.2, 0.25) is 0 Å². The number of fused-ring (bicyclic) bond motifs is 4. The summed E-state index contributed by atoms with van der Waals surface area (Å²) in [5.41, 5.74) is 6.88. The highest BCUT2D eigenvalue weighted by Gasteiger charge is 2.27. The highest BCUT2D eigenvalue weighted by atomic mass is 16.5. The number of anilines is 6. The lowest BCUT2D eigenvalue weighted by molar-refractivity contribution is 0.476. The summed E-state index contributed by atoms with van der Waals surface area (Å²) in [6, 6.07) is 41.8. The van der Waals surface area contributed by atoms with Crippen molar-refractivity contribution in [2.24, 2.45) is 0 Å². The van der Waals surface area contributed by atoms with Gasteiger partial charge in [0, 0.05) is 11.9 Å². The van der Waals surface area contributed by atoms with Crippen LogP contribution < -0.4 is 19.3 Å². The second-order valence-electron chi connectivity index (χ2n) is 9.96. The van der Waals surface area contributed by atoms with Crippen molar-refractivity contribution in [2.75, 3.05) is 9.80 Å². The molecule has 1 aromatic heterocycles. The summed E-state index contributed by atoms with van der Waals surface area (Å²) in [4.78, 5) is 13.0.